The lowest BCUT2D eigenvalue weighted by Crippen LogP contribution is -2.14. The first kappa shape index (κ1) is 20.1. The molecule has 0 amide bonds. The first-order valence-corrected chi connectivity index (χ1v) is 11.0. The maximum absolute atomic E-state index is 6.18. The largest absolute Gasteiger partial charge is 0.488 e. The summed E-state index contributed by atoms with van der Waals surface area (Å²) >= 11 is 0. The molecule has 4 rings (SSSR count). The second-order valence-corrected chi connectivity index (χ2v) is 8.32. The molecule has 0 bridgehead atoms. The summed E-state index contributed by atoms with van der Waals surface area (Å²) in [5, 5.41) is 2.50. The van der Waals surface area contributed by atoms with Crippen LogP contribution >= 0.6 is 8.58 Å². The van der Waals surface area contributed by atoms with Gasteiger partial charge in [-0.1, -0.05) is 93.5 Å². The number of nitrogens with zero attached hydrogens (tertiary/aromatic N) is 1. The molecule has 1 unspecified atom stereocenters. The van der Waals surface area contributed by atoms with Crippen LogP contribution in [0.15, 0.2) is 108 Å². The minimum absolute atomic E-state index is 0.492. The molecule has 0 heterocycles. The van der Waals surface area contributed by atoms with E-state index in [1.807, 2.05) is 60.8 Å². The van der Waals surface area contributed by atoms with Crippen molar-refractivity contribution in [3.05, 3.63) is 120 Å². The molecule has 0 aliphatic carbocycles. The molecule has 0 radical (unpaired) electrons. The van der Waals surface area contributed by atoms with E-state index in [0.29, 0.717) is 15.2 Å². The van der Waals surface area contributed by atoms with Crippen molar-refractivity contribution in [1.29, 1.82) is 0 Å². The molecule has 148 valence electrons. The third-order valence-corrected chi connectivity index (χ3v) is 6.41. The minimum atomic E-state index is 0.492. The Kier molecular flexibility index (Phi) is 6.69. The Morgan fingerprint density at radius 2 is 1.47 bits per heavy atom. The average Bonchev–Trinajstić information content (AvgIpc) is 2.80. The van der Waals surface area contributed by atoms with Gasteiger partial charge in [0.2, 0.25) is 0 Å². The summed E-state index contributed by atoms with van der Waals surface area (Å²) in [7, 11) is 0.492. The SMILES string of the molecule is Cc1cccc(C=Nc2ccccc2)c1Pc1ccccc1OCc1ccccc1. The first-order valence-electron chi connectivity index (χ1n) is 10.0. The maximum atomic E-state index is 6.18. The summed E-state index contributed by atoms with van der Waals surface area (Å²) < 4.78 is 6.18. The lowest BCUT2D eigenvalue weighted by Gasteiger charge is -2.14. The van der Waals surface area contributed by atoms with Crippen LogP contribution in [0.3, 0.4) is 0 Å². The van der Waals surface area contributed by atoms with Crippen LogP contribution in [0.1, 0.15) is 16.7 Å². The molecule has 1 atom stereocenters. The van der Waals surface area contributed by atoms with Crippen molar-refractivity contribution in [1.82, 2.24) is 0 Å². The van der Waals surface area contributed by atoms with Gasteiger partial charge in [-0.05, 0) is 41.6 Å². The molecule has 0 saturated heterocycles. The zero-order valence-corrected chi connectivity index (χ0v) is 18.0. The van der Waals surface area contributed by atoms with Gasteiger partial charge in [0, 0.05) is 17.1 Å². The number of aryl methyl sites for hydroxylation is 1. The van der Waals surface area contributed by atoms with Gasteiger partial charge in [-0.15, -0.1) is 0 Å². The highest BCUT2D eigenvalue weighted by Gasteiger charge is 2.10. The van der Waals surface area contributed by atoms with Gasteiger partial charge in [-0.2, -0.15) is 0 Å². The van der Waals surface area contributed by atoms with Gasteiger partial charge in [0.25, 0.3) is 0 Å². The first-order chi connectivity index (χ1) is 14.8. The van der Waals surface area contributed by atoms with Crippen LogP contribution in [0.5, 0.6) is 5.75 Å². The van der Waals surface area contributed by atoms with E-state index in [0.717, 1.165) is 17.0 Å². The molecule has 0 aromatic heterocycles. The van der Waals surface area contributed by atoms with E-state index in [1.165, 1.54) is 21.7 Å². The molecule has 0 spiro atoms. The highest BCUT2D eigenvalue weighted by Crippen LogP contribution is 2.23. The zero-order valence-electron chi connectivity index (χ0n) is 17.0. The van der Waals surface area contributed by atoms with Gasteiger partial charge in [0.05, 0.1) is 5.69 Å². The highest BCUT2D eigenvalue weighted by molar-refractivity contribution is 7.56. The minimum Gasteiger partial charge on any atom is -0.488 e. The van der Waals surface area contributed by atoms with Crippen molar-refractivity contribution in [3.63, 3.8) is 0 Å². The molecule has 30 heavy (non-hydrogen) atoms. The average molecular weight is 409 g/mol. The smallest absolute Gasteiger partial charge is 0.127 e. The Hall–Kier alpha value is -3.22. The summed E-state index contributed by atoms with van der Waals surface area (Å²) in [6.07, 6.45) is 1.97. The Bertz CT molecular complexity index is 1120. The van der Waals surface area contributed by atoms with Crippen molar-refractivity contribution >= 4 is 31.1 Å². The summed E-state index contributed by atoms with van der Waals surface area (Å²) in [4.78, 5) is 4.67. The number of hydrogen-bond acceptors (Lipinski definition) is 2. The fourth-order valence-corrected chi connectivity index (χ4v) is 4.49. The van der Waals surface area contributed by atoms with Gasteiger partial charge in [-0.3, -0.25) is 4.99 Å². The molecular formula is C27H24NOP. The summed E-state index contributed by atoms with van der Waals surface area (Å²) in [5.74, 6) is 0.939. The highest BCUT2D eigenvalue weighted by atomic mass is 31.1. The molecular weight excluding hydrogens is 385 g/mol. The van der Waals surface area contributed by atoms with E-state index >= 15 is 0 Å². The molecule has 2 nitrogen and oxygen atoms in total. The van der Waals surface area contributed by atoms with Crippen LogP contribution in [-0.2, 0) is 6.61 Å². The maximum Gasteiger partial charge on any atom is 0.127 e. The zero-order chi connectivity index (χ0) is 20.6. The van der Waals surface area contributed by atoms with Crippen molar-refractivity contribution in [2.75, 3.05) is 0 Å². The summed E-state index contributed by atoms with van der Waals surface area (Å²) in [6.45, 7) is 2.73. The van der Waals surface area contributed by atoms with E-state index in [2.05, 4.69) is 60.4 Å². The van der Waals surface area contributed by atoms with Gasteiger partial charge in [-0.25, -0.2) is 0 Å². The van der Waals surface area contributed by atoms with Crippen LogP contribution in [-0.4, -0.2) is 6.21 Å². The summed E-state index contributed by atoms with van der Waals surface area (Å²) in [6, 6.07) is 35.0. The molecule has 3 heteroatoms. The lowest BCUT2D eigenvalue weighted by atomic mass is 10.1. The number of aliphatic imine (C=N–C) groups is 1. The predicted octanol–water partition coefficient (Wildman–Crippen LogP) is 5.95. The Labute approximate surface area is 180 Å². The van der Waals surface area contributed by atoms with Crippen molar-refractivity contribution in [2.24, 2.45) is 4.99 Å². The third kappa shape index (κ3) is 5.23. The Morgan fingerprint density at radius 1 is 0.767 bits per heavy atom. The molecule has 4 aromatic rings. The molecule has 0 saturated carbocycles. The lowest BCUT2D eigenvalue weighted by molar-refractivity contribution is 0.309. The fraction of sp³-hybridized carbons (Fsp3) is 0.0741. The number of ether oxygens (including phenoxy) is 1. The van der Waals surface area contributed by atoms with E-state index < -0.39 is 0 Å². The normalized spacial score (nSPS) is 11.4. The van der Waals surface area contributed by atoms with E-state index in [9.17, 15) is 0 Å². The molecule has 0 fully saturated rings. The Balaban J connectivity index is 1.58. The van der Waals surface area contributed by atoms with E-state index in [1.54, 1.807) is 0 Å². The Morgan fingerprint density at radius 3 is 2.27 bits per heavy atom. The van der Waals surface area contributed by atoms with Crippen LogP contribution < -0.4 is 15.3 Å². The van der Waals surface area contributed by atoms with Crippen molar-refractivity contribution < 1.29 is 4.74 Å². The van der Waals surface area contributed by atoms with Gasteiger partial charge in [0.1, 0.15) is 12.4 Å². The van der Waals surface area contributed by atoms with E-state index in [4.69, 9.17) is 4.74 Å². The fourth-order valence-electron chi connectivity index (χ4n) is 3.19. The van der Waals surface area contributed by atoms with Crippen LogP contribution in [0, 0.1) is 6.92 Å². The van der Waals surface area contributed by atoms with Gasteiger partial charge < -0.3 is 4.74 Å². The summed E-state index contributed by atoms with van der Waals surface area (Å²) in [5.41, 5.74) is 4.54. The number of rotatable bonds is 7. The van der Waals surface area contributed by atoms with Crippen LogP contribution in [0.2, 0.25) is 0 Å². The third-order valence-electron chi connectivity index (χ3n) is 4.80. The monoisotopic (exact) mass is 409 g/mol. The van der Waals surface area contributed by atoms with Crippen molar-refractivity contribution in [3.8, 4) is 5.75 Å². The second-order valence-electron chi connectivity index (χ2n) is 7.03. The number of para-hydroxylation sites is 2. The standard InChI is InChI=1S/C27H24NOP/c1-21-11-10-14-23(19-28-24-15-6-3-7-16-24)27(21)30-26-18-9-8-17-25(26)29-20-22-12-4-2-5-13-22/h2-19,30H,20H2,1H3. The van der Waals surface area contributed by atoms with Gasteiger partial charge in [0.15, 0.2) is 0 Å². The predicted molar refractivity (Wildman–Crippen MR) is 130 cm³/mol. The van der Waals surface area contributed by atoms with Crippen molar-refractivity contribution in [2.45, 2.75) is 13.5 Å². The molecule has 4 aromatic carbocycles. The van der Waals surface area contributed by atoms with Gasteiger partial charge >= 0.3 is 0 Å². The van der Waals surface area contributed by atoms with Crippen LogP contribution in [0.4, 0.5) is 5.69 Å². The molecule has 0 aliphatic rings. The molecule has 0 aliphatic heterocycles. The number of hydrogen-bond donors (Lipinski definition) is 0. The second kappa shape index (κ2) is 10.0. The topological polar surface area (TPSA) is 21.6 Å². The van der Waals surface area contributed by atoms with Crippen LogP contribution in [0.25, 0.3) is 0 Å². The quantitative estimate of drug-likeness (QED) is 0.273. The molecule has 0 N–H and O–H groups in total. The number of benzene rings is 4. The van der Waals surface area contributed by atoms with E-state index in [-0.39, 0.29) is 0 Å².